The quantitative estimate of drug-likeness (QED) is 0.767. The molecule has 2 N–H and O–H groups in total. The van der Waals surface area contributed by atoms with Gasteiger partial charge in [-0.15, -0.1) is 12.4 Å². The smallest absolute Gasteiger partial charge is 0.243 e. The molecule has 2 heterocycles. The van der Waals surface area contributed by atoms with Gasteiger partial charge in [0.25, 0.3) is 0 Å². The average molecular weight is 436 g/mol. The Bertz CT molecular complexity index is 757. The summed E-state index contributed by atoms with van der Waals surface area (Å²) in [6.45, 7) is 2.54. The zero-order valence-corrected chi connectivity index (χ0v) is 17.3. The molecule has 2 aliphatic rings. The van der Waals surface area contributed by atoms with Crippen molar-refractivity contribution in [3.05, 3.63) is 30.1 Å². The van der Waals surface area contributed by atoms with Crippen LogP contribution in [0, 0.1) is 11.7 Å². The standard InChI is InChI=1S/C18H26FN3O4S.ClH/c19-15-2-4-16(5-3-15)27(24,25)22-9-1-8-21(10-11-22)18(23)17(20)14-6-12-26-13-7-14;/h2-5,14,17H,1,6-13,20H2;1H. The number of carbonyl (C=O) groups is 1. The van der Waals surface area contributed by atoms with Gasteiger partial charge in [0, 0.05) is 39.4 Å². The van der Waals surface area contributed by atoms with Crippen molar-refractivity contribution in [3.8, 4) is 0 Å². The topological polar surface area (TPSA) is 92.9 Å². The molecular weight excluding hydrogens is 409 g/mol. The molecule has 2 fully saturated rings. The highest BCUT2D eigenvalue weighted by Gasteiger charge is 2.33. The number of hydrogen-bond acceptors (Lipinski definition) is 5. The highest BCUT2D eigenvalue weighted by atomic mass is 35.5. The molecule has 0 aromatic heterocycles. The van der Waals surface area contributed by atoms with E-state index >= 15 is 0 Å². The lowest BCUT2D eigenvalue weighted by atomic mass is 9.91. The summed E-state index contributed by atoms with van der Waals surface area (Å²) in [6.07, 6.45) is 2.07. The Hall–Kier alpha value is -1.26. The van der Waals surface area contributed by atoms with Crippen molar-refractivity contribution in [1.82, 2.24) is 9.21 Å². The highest BCUT2D eigenvalue weighted by molar-refractivity contribution is 7.89. The second kappa shape index (κ2) is 9.98. The minimum atomic E-state index is -3.71. The van der Waals surface area contributed by atoms with Gasteiger partial charge in [0.05, 0.1) is 10.9 Å². The van der Waals surface area contributed by atoms with Crippen molar-refractivity contribution < 1.29 is 22.3 Å². The Kier molecular flexibility index (Phi) is 8.20. The van der Waals surface area contributed by atoms with Crippen LogP contribution in [0.1, 0.15) is 19.3 Å². The third-order valence-corrected chi connectivity index (χ3v) is 7.19. The largest absolute Gasteiger partial charge is 0.381 e. The zero-order chi connectivity index (χ0) is 19.4. The Morgan fingerprint density at radius 3 is 2.39 bits per heavy atom. The third kappa shape index (κ3) is 5.21. The van der Waals surface area contributed by atoms with Crippen LogP contribution in [-0.4, -0.2) is 69.0 Å². The maximum absolute atomic E-state index is 13.1. The summed E-state index contributed by atoms with van der Waals surface area (Å²) in [5, 5.41) is 0. The summed E-state index contributed by atoms with van der Waals surface area (Å²) < 4.78 is 45.3. The van der Waals surface area contributed by atoms with E-state index in [0.717, 1.165) is 25.0 Å². The second-order valence-corrected chi connectivity index (χ2v) is 8.95. The number of amides is 1. The first-order chi connectivity index (χ1) is 12.9. The number of nitrogens with two attached hydrogens (primary N) is 1. The summed E-state index contributed by atoms with van der Waals surface area (Å²) in [5.74, 6) is -0.500. The fraction of sp³-hybridized carbons (Fsp3) is 0.611. The van der Waals surface area contributed by atoms with Crippen molar-refractivity contribution in [3.63, 3.8) is 0 Å². The number of hydrogen-bond donors (Lipinski definition) is 1. The first-order valence-corrected chi connectivity index (χ1v) is 10.7. The molecule has 0 spiro atoms. The normalized spacial score (nSPS) is 20.9. The van der Waals surface area contributed by atoms with Gasteiger partial charge in [-0.3, -0.25) is 4.79 Å². The van der Waals surface area contributed by atoms with E-state index in [4.69, 9.17) is 10.5 Å². The Balaban J connectivity index is 0.00000280. The lowest BCUT2D eigenvalue weighted by Gasteiger charge is -2.31. The molecule has 1 atom stereocenters. The van der Waals surface area contributed by atoms with Crippen molar-refractivity contribution in [2.24, 2.45) is 11.7 Å². The van der Waals surface area contributed by atoms with Gasteiger partial charge in [-0.05, 0) is 49.4 Å². The van der Waals surface area contributed by atoms with Gasteiger partial charge in [0.1, 0.15) is 5.82 Å². The van der Waals surface area contributed by atoms with E-state index in [0.29, 0.717) is 39.3 Å². The molecule has 1 unspecified atom stereocenters. The van der Waals surface area contributed by atoms with Crippen LogP contribution in [0.5, 0.6) is 0 Å². The van der Waals surface area contributed by atoms with Crippen LogP contribution in [-0.2, 0) is 19.6 Å². The van der Waals surface area contributed by atoms with E-state index in [-0.39, 0.29) is 35.7 Å². The minimum absolute atomic E-state index is 0. The number of rotatable bonds is 4. The van der Waals surface area contributed by atoms with Crippen molar-refractivity contribution in [2.45, 2.75) is 30.2 Å². The summed E-state index contributed by atoms with van der Waals surface area (Å²) in [7, 11) is -3.71. The molecule has 3 rings (SSSR count). The van der Waals surface area contributed by atoms with Gasteiger partial charge in [0.2, 0.25) is 15.9 Å². The number of sulfonamides is 1. The molecule has 10 heteroatoms. The number of carbonyl (C=O) groups excluding carboxylic acids is 1. The molecule has 2 saturated heterocycles. The molecule has 0 aliphatic carbocycles. The first kappa shape index (κ1) is 23.0. The van der Waals surface area contributed by atoms with Crippen LogP contribution < -0.4 is 5.73 Å². The maximum atomic E-state index is 13.1. The van der Waals surface area contributed by atoms with Gasteiger partial charge in [0.15, 0.2) is 0 Å². The SMILES string of the molecule is Cl.NC(C(=O)N1CCCN(S(=O)(=O)c2ccc(F)cc2)CC1)C1CCOCC1. The summed E-state index contributed by atoms with van der Waals surface area (Å²) in [6, 6.07) is 4.22. The van der Waals surface area contributed by atoms with Gasteiger partial charge in [-0.1, -0.05) is 0 Å². The molecule has 158 valence electrons. The van der Waals surface area contributed by atoms with Gasteiger partial charge in [-0.25, -0.2) is 12.8 Å². The monoisotopic (exact) mass is 435 g/mol. The zero-order valence-electron chi connectivity index (χ0n) is 15.6. The summed E-state index contributed by atoms with van der Waals surface area (Å²) >= 11 is 0. The van der Waals surface area contributed by atoms with Crippen molar-refractivity contribution >= 4 is 28.3 Å². The molecule has 0 saturated carbocycles. The molecular formula is C18H27ClFN3O4S. The number of halogens is 2. The van der Waals surface area contributed by atoms with Crippen LogP contribution in [0.4, 0.5) is 4.39 Å². The second-order valence-electron chi connectivity index (χ2n) is 7.01. The van der Waals surface area contributed by atoms with Gasteiger partial charge in [-0.2, -0.15) is 4.31 Å². The Morgan fingerprint density at radius 2 is 1.75 bits per heavy atom. The van der Waals surface area contributed by atoms with Crippen LogP contribution in [0.25, 0.3) is 0 Å². The minimum Gasteiger partial charge on any atom is -0.381 e. The molecule has 2 aliphatic heterocycles. The summed E-state index contributed by atoms with van der Waals surface area (Å²) in [4.78, 5) is 14.5. The predicted molar refractivity (Wildman–Crippen MR) is 105 cm³/mol. The molecule has 1 aromatic carbocycles. The van der Waals surface area contributed by atoms with Gasteiger partial charge >= 0.3 is 0 Å². The lowest BCUT2D eigenvalue weighted by Crippen LogP contribution is -2.50. The molecule has 0 bridgehead atoms. The fourth-order valence-corrected chi connectivity index (χ4v) is 5.07. The molecule has 0 radical (unpaired) electrons. The van der Waals surface area contributed by atoms with Crippen LogP contribution in [0.15, 0.2) is 29.2 Å². The third-order valence-electron chi connectivity index (χ3n) is 5.28. The van der Waals surface area contributed by atoms with E-state index < -0.39 is 21.9 Å². The van der Waals surface area contributed by atoms with E-state index in [1.165, 1.54) is 16.4 Å². The van der Waals surface area contributed by atoms with Crippen molar-refractivity contribution in [1.29, 1.82) is 0 Å². The number of ether oxygens (including phenoxy) is 1. The average Bonchev–Trinajstić information content (AvgIpc) is 2.94. The first-order valence-electron chi connectivity index (χ1n) is 9.27. The molecule has 7 nitrogen and oxygen atoms in total. The molecule has 28 heavy (non-hydrogen) atoms. The number of benzene rings is 1. The van der Waals surface area contributed by atoms with Crippen LogP contribution in [0.3, 0.4) is 0 Å². The predicted octanol–water partition coefficient (Wildman–Crippen LogP) is 1.22. The van der Waals surface area contributed by atoms with E-state index in [1.807, 2.05) is 0 Å². The Morgan fingerprint density at radius 1 is 1.11 bits per heavy atom. The highest BCUT2D eigenvalue weighted by Crippen LogP contribution is 2.21. The van der Waals surface area contributed by atoms with Crippen LogP contribution in [0.2, 0.25) is 0 Å². The van der Waals surface area contributed by atoms with E-state index in [2.05, 4.69) is 0 Å². The van der Waals surface area contributed by atoms with E-state index in [1.54, 1.807) is 4.90 Å². The number of nitrogens with zero attached hydrogens (tertiary/aromatic N) is 2. The Labute approximate surface area is 171 Å². The van der Waals surface area contributed by atoms with E-state index in [9.17, 15) is 17.6 Å². The van der Waals surface area contributed by atoms with Gasteiger partial charge < -0.3 is 15.4 Å². The fourth-order valence-electron chi connectivity index (χ4n) is 3.60. The molecule has 1 amide bonds. The summed E-state index contributed by atoms with van der Waals surface area (Å²) in [5.41, 5.74) is 6.19. The van der Waals surface area contributed by atoms with Crippen LogP contribution >= 0.6 is 12.4 Å². The molecule has 1 aromatic rings. The lowest BCUT2D eigenvalue weighted by molar-refractivity contribution is -0.134. The maximum Gasteiger partial charge on any atom is 0.243 e. The van der Waals surface area contributed by atoms with Crippen molar-refractivity contribution in [2.75, 3.05) is 39.4 Å².